The summed E-state index contributed by atoms with van der Waals surface area (Å²) in [4.78, 5) is 11.9. The van der Waals surface area contributed by atoms with E-state index in [9.17, 15) is 4.79 Å². The molecule has 27 heavy (non-hydrogen) atoms. The van der Waals surface area contributed by atoms with Gasteiger partial charge in [0, 0.05) is 18.7 Å². The zero-order valence-corrected chi connectivity index (χ0v) is 16.3. The number of nitrogens with one attached hydrogen (secondary N) is 1. The average Bonchev–Trinajstić information content (AvgIpc) is 3.24. The number of carbonyl (C=O) groups excluding carboxylic acids is 1. The van der Waals surface area contributed by atoms with Gasteiger partial charge < -0.3 is 19.5 Å². The summed E-state index contributed by atoms with van der Waals surface area (Å²) in [5, 5.41) is 12.0. The highest BCUT2D eigenvalue weighted by molar-refractivity contribution is 7.99. The van der Waals surface area contributed by atoms with Crippen LogP contribution in [0.3, 0.4) is 0 Å². The number of amides is 1. The van der Waals surface area contributed by atoms with E-state index in [0.717, 1.165) is 30.7 Å². The zero-order valence-electron chi connectivity index (χ0n) is 15.4. The van der Waals surface area contributed by atoms with E-state index < -0.39 is 0 Å². The van der Waals surface area contributed by atoms with E-state index in [0.29, 0.717) is 28.8 Å². The van der Waals surface area contributed by atoms with Crippen LogP contribution in [0.4, 0.5) is 0 Å². The molecule has 0 unspecified atom stereocenters. The lowest BCUT2D eigenvalue weighted by atomic mass is 10.1. The highest BCUT2D eigenvalue weighted by atomic mass is 32.2. The van der Waals surface area contributed by atoms with Crippen LogP contribution in [0.25, 0.3) is 11.3 Å². The Balaban J connectivity index is 1.53. The maximum Gasteiger partial charge on any atom is 0.230 e. The number of methoxy groups -OCH3 is 2. The van der Waals surface area contributed by atoms with Crippen molar-refractivity contribution in [2.75, 3.05) is 33.1 Å². The minimum Gasteiger partial charge on any atom is -0.493 e. The van der Waals surface area contributed by atoms with Crippen LogP contribution in [0.5, 0.6) is 11.5 Å². The van der Waals surface area contributed by atoms with Crippen LogP contribution in [-0.4, -0.2) is 55.3 Å². The predicted molar refractivity (Wildman–Crippen MR) is 103 cm³/mol. The maximum absolute atomic E-state index is 11.9. The van der Waals surface area contributed by atoms with E-state index >= 15 is 0 Å². The Morgan fingerprint density at radius 1 is 1.22 bits per heavy atom. The third kappa shape index (κ3) is 5.33. The number of hydrogen-bond acceptors (Lipinski definition) is 7. The summed E-state index contributed by atoms with van der Waals surface area (Å²) >= 11 is 1.36. The van der Waals surface area contributed by atoms with Gasteiger partial charge in [-0.1, -0.05) is 11.8 Å². The molecule has 144 valence electrons. The first kappa shape index (κ1) is 19.4. The Kier molecular flexibility index (Phi) is 6.89. The number of thioether (sulfide) groups is 1. The van der Waals surface area contributed by atoms with Gasteiger partial charge in [0.05, 0.1) is 31.8 Å². The molecule has 1 saturated heterocycles. The molecule has 1 aliphatic heterocycles. The van der Waals surface area contributed by atoms with E-state index in [1.54, 1.807) is 14.2 Å². The minimum absolute atomic E-state index is 0.0266. The molecular formula is C19H23N3O4S. The molecule has 1 aromatic carbocycles. The van der Waals surface area contributed by atoms with E-state index in [-0.39, 0.29) is 12.0 Å². The fourth-order valence-corrected chi connectivity index (χ4v) is 3.41. The second-order valence-electron chi connectivity index (χ2n) is 6.05. The molecule has 8 heteroatoms. The number of rotatable bonds is 8. The number of hydrogen-bond donors (Lipinski definition) is 1. The molecule has 1 aliphatic rings. The number of carbonyl (C=O) groups is 1. The zero-order chi connectivity index (χ0) is 19.1. The summed E-state index contributed by atoms with van der Waals surface area (Å²) in [6.07, 6.45) is 2.23. The Hall–Kier alpha value is -2.32. The van der Waals surface area contributed by atoms with Crippen molar-refractivity contribution in [1.29, 1.82) is 0 Å². The lowest BCUT2D eigenvalue weighted by Crippen LogP contribution is -2.32. The SMILES string of the molecule is COc1ccc(-c2ccc(SCC(=O)NC[C@H]3CCCO3)nn2)cc1OC. The fourth-order valence-electron chi connectivity index (χ4n) is 2.77. The molecule has 0 aliphatic carbocycles. The van der Waals surface area contributed by atoms with E-state index in [1.807, 2.05) is 30.3 Å². The van der Waals surface area contributed by atoms with Crippen LogP contribution in [0, 0.1) is 0 Å². The number of aromatic nitrogens is 2. The molecule has 0 radical (unpaired) electrons. The van der Waals surface area contributed by atoms with Crippen molar-refractivity contribution in [3.63, 3.8) is 0 Å². The molecule has 1 fully saturated rings. The highest BCUT2D eigenvalue weighted by Gasteiger charge is 2.16. The first-order valence-electron chi connectivity index (χ1n) is 8.77. The lowest BCUT2D eigenvalue weighted by molar-refractivity contribution is -0.119. The maximum atomic E-state index is 11.9. The van der Waals surface area contributed by atoms with Crippen molar-refractivity contribution in [2.45, 2.75) is 24.0 Å². The summed E-state index contributed by atoms with van der Waals surface area (Å²) in [5.41, 5.74) is 1.61. The van der Waals surface area contributed by atoms with Crippen molar-refractivity contribution in [2.24, 2.45) is 0 Å². The number of ether oxygens (including phenoxy) is 3. The van der Waals surface area contributed by atoms with Crippen LogP contribution < -0.4 is 14.8 Å². The van der Waals surface area contributed by atoms with Crippen molar-refractivity contribution in [3.05, 3.63) is 30.3 Å². The van der Waals surface area contributed by atoms with Crippen molar-refractivity contribution >= 4 is 17.7 Å². The van der Waals surface area contributed by atoms with Gasteiger partial charge in [-0.15, -0.1) is 10.2 Å². The normalized spacial score (nSPS) is 16.1. The van der Waals surface area contributed by atoms with E-state index in [2.05, 4.69) is 15.5 Å². The van der Waals surface area contributed by atoms with Gasteiger partial charge in [-0.3, -0.25) is 4.79 Å². The Morgan fingerprint density at radius 3 is 2.74 bits per heavy atom. The molecule has 3 rings (SSSR count). The average molecular weight is 389 g/mol. The van der Waals surface area contributed by atoms with E-state index in [1.165, 1.54) is 11.8 Å². The Morgan fingerprint density at radius 2 is 2.07 bits per heavy atom. The predicted octanol–water partition coefficient (Wildman–Crippen LogP) is 2.55. The molecule has 7 nitrogen and oxygen atoms in total. The summed E-state index contributed by atoms with van der Waals surface area (Å²) < 4.78 is 16.1. The summed E-state index contributed by atoms with van der Waals surface area (Å²) in [5.74, 6) is 1.58. The quantitative estimate of drug-likeness (QED) is 0.695. The van der Waals surface area contributed by atoms with Crippen LogP contribution in [-0.2, 0) is 9.53 Å². The molecule has 1 aromatic heterocycles. The summed E-state index contributed by atoms with van der Waals surface area (Å²) in [6.45, 7) is 1.36. The molecule has 1 atom stereocenters. The van der Waals surface area contributed by atoms with Crippen LogP contribution in [0.1, 0.15) is 12.8 Å². The second-order valence-corrected chi connectivity index (χ2v) is 7.05. The standard InChI is InChI=1S/C19H23N3O4S/c1-24-16-7-5-13(10-17(16)25-2)15-6-8-19(22-21-15)27-12-18(23)20-11-14-4-3-9-26-14/h5-8,10,14H,3-4,9,11-12H2,1-2H3,(H,20,23)/t14-/m1/s1. The highest BCUT2D eigenvalue weighted by Crippen LogP contribution is 2.31. The third-order valence-electron chi connectivity index (χ3n) is 4.22. The molecule has 0 saturated carbocycles. The van der Waals surface area contributed by atoms with Gasteiger partial charge in [-0.2, -0.15) is 0 Å². The first-order valence-corrected chi connectivity index (χ1v) is 9.75. The first-order chi connectivity index (χ1) is 13.2. The Labute approximate surface area is 162 Å². The largest absolute Gasteiger partial charge is 0.493 e. The van der Waals surface area contributed by atoms with Gasteiger partial charge in [-0.05, 0) is 43.2 Å². The summed E-state index contributed by atoms with van der Waals surface area (Å²) in [6, 6.07) is 9.32. The second kappa shape index (κ2) is 9.57. The fraction of sp³-hybridized carbons (Fsp3) is 0.421. The monoisotopic (exact) mass is 389 g/mol. The topological polar surface area (TPSA) is 82.6 Å². The van der Waals surface area contributed by atoms with Crippen LogP contribution >= 0.6 is 11.8 Å². The smallest absolute Gasteiger partial charge is 0.230 e. The van der Waals surface area contributed by atoms with Gasteiger partial charge in [0.1, 0.15) is 5.03 Å². The van der Waals surface area contributed by atoms with E-state index in [4.69, 9.17) is 14.2 Å². The van der Waals surface area contributed by atoms with Gasteiger partial charge in [0.25, 0.3) is 0 Å². The number of benzene rings is 1. The van der Waals surface area contributed by atoms with Gasteiger partial charge in [-0.25, -0.2) is 0 Å². The molecular weight excluding hydrogens is 366 g/mol. The number of nitrogens with zero attached hydrogens (tertiary/aromatic N) is 2. The van der Waals surface area contributed by atoms with Crippen molar-refractivity contribution in [1.82, 2.24) is 15.5 Å². The summed E-state index contributed by atoms with van der Waals surface area (Å²) in [7, 11) is 3.19. The lowest BCUT2D eigenvalue weighted by Gasteiger charge is -2.10. The van der Waals surface area contributed by atoms with Crippen molar-refractivity contribution in [3.8, 4) is 22.8 Å². The molecule has 2 heterocycles. The van der Waals surface area contributed by atoms with Crippen LogP contribution in [0.2, 0.25) is 0 Å². The van der Waals surface area contributed by atoms with Crippen molar-refractivity contribution < 1.29 is 19.0 Å². The Bertz CT molecular complexity index is 764. The molecule has 1 N–H and O–H groups in total. The van der Waals surface area contributed by atoms with Crippen LogP contribution in [0.15, 0.2) is 35.4 Å². The molecule has 0 bridgehead atoms. The molecule has 1 amide bonds. The van der Waals surface area contributed by atoms with Gasteiger partial charge in [0.2, 0.25) is 5.91 Å². The minimum atomic E-state index is -0.0266. The third-order valence-corrected chi connectivity index (χ3v) is 5.14. The van der Waals surface area contributed by atoms with Gasteiger partial charge in [0.15, 0.2) is 11.5 Å². The molecule has 2 aromatic rings. The molecule has 0 spiro atoms. The van der Waals surface area contributed by atoms with Gasteiger partial charge >= 0.3 is 0 Å².